The van der Waals surface area contributed by atoms with Crippen LogP contribution in [-0.2, 0) is 10.5 Å². The minimum absolute atomic E-state index is 0.0948. The predicted octanol–water partition coefficient (Wildman–Crippen LogP) is 3.45. The van der Waals surface area contributed by atoms with E-state index < -0.39 is 0 Å². The summed E-state index contributed by atoms with van der Waals surface area (Å²) in [5, 5.41) is 5.80. The highest BCUT2D eigenvalue weighted by Crippen LogP contribution is 2.22. The van der Waals surface area contributed by atoms with Crippen molar-refractivity contribution < 1.29 is 9.59 Å². The van der Waals surface area contributed by atoms with E-state index in [1.807, 2.05) is 42.5 Å². The first-order valence-corrected chi connectivity index (χ1v) is 9.19. The molecule has 1 fully saturated rings. The Bertz CT molecular complexity index is 714. The zero-order chi connectivity index (χ0) is 16.8. The molecule has 124 valence electrons. The summed E-state index contributed by atoms with van der Waals surface area (Å²) in [6.07, 6.45) is 2.08. The number of carbonyl (C=O) groups excluding carboxylic acids is 2. The molecule has 0 aliphatic heterocycles. The van der Waals surface area contributed by atoms with Gasteiger partial charge in [-0.1, -0.05) is 42.5 Å². The van der Waals surface area contributed by atoms with Gasteiger partial charge in [0.25, 0.3) is 5.91 Å². The molecule has 3 rings (SSSR count). The van der Waals surface area contributed by atoms with Crippen LogP contribution in [0.2, 0.25) is 0 Å². The molecule has 24 heavy (non-hydrogen) atoms. The highest BCUT2D eigenvalue weighted by molar-refractivity contribution is 7.99. The maximum absolute atomic E-state index is 12.2. The maximum Gasteiger partial charge on any atom is 0.253 e. The third-order valence-electron chi connectivity index (χ3n) is 3.70. The van der Waals surface area contributed by atoms with Crippen molar-refractivity contribution in [3.05, 3.63) is 65.7 Å². The standard InChI is InChI=1S/C19H20N2O2S/c22-18(13-24-12-14-6-2-1-3-7-14)21-17-9-5-4-8-16(17)19(23)20-15-10-11-15/h1-9,15H,10-13H2,(H,20,23)(H,21,22). The molecule has 2 N–H and O–H groups in total. The number of anilines is 1. The van der Waals surface area contributed by atoms with Gasteiger partial charge >= 0.3 is 0 Å². The molecule has 0 unspecified atom stereocenters. The summed E-state index contributed by atoms with van der Waals surface area (Å²) >= 11 is 1.56. The van der Waals surface area contributed by atoms with Gasteiger partial charge in [0, 0.05) is 11.8 Å². The maximum atomic E-state index is 12.2. The van der Waals surface area contributed by atoms with Crippen molar-refractivity contribution in [1.29, 1.82) is 0 Å². The van der Waals surface area contributed by atoms with E-state index in [1.54, 1.807) is 23.9 Å². The van der Waals surface area contributed by atoms with Gasteiger partial charge in [-0.25, -0.2) is 0 Å². The Kier molecular flexibility index (Phi) is 5.54. The van der Waals surface area contributed by atoms with Crippen LogP contribution < -0.4 is 10.6 Å². The fourth-order valence-corrected chi connectivity index (χ4v) is 3.09. The molecule has 1 saturated carbocycles. The number of amides is 2. The van der Waals surface area contributed by atoms with E-state index in [0.717, 1.165) is 18.6 Å². The molecule has 2 aromatic rings. The van der Waals surface area contributed by atoms with Crippen LogP contribution in [0.25, 0.3) is 0 Å². The monoisotopic (exact) mass is 340 g/mol. The first-order chi connectivity index (χ1) is 11.7. The largest absolute Gasteiger partial charge is 0.349 e. The van der Waals surface area contributed by atoms with Gasteiger partial charge < -0.3 is 10.6 Å². The summed E-state index contributed by atoms with van der Waals surface area (Å²) in [5.41, 5.74) is 2.28. The number of benzene rings is 2. The second-order valence-corrected chi connectivity index (χ2v) is 6.81. The number of hydrogen-bond acceptors (Lipinski definition) is 3. The third-order valence-corrected chi connectivity index (χ3v) is 4.71. The zero-order valence-corrected chi connectivity index (χ0v) is 14.1. The van der Waals surface area contributed by atoms with Crippen LogP contribution in [0.15, 0.2) is 54.6 Å². The molecule has 0 aromatic heterocycles. The number of thioether (sulfide) groups is 1. The Hall–Kier alpha value is -2.27. The average Bonchev–Trinajstić information content (AvgIpc) is 3.40. The molecule has 2 aromatic carbocycles. The van der Waals surface area contributed by atoms with E-state index in [1.165, 1.54) is 5.56 Å². The second-order valence-electron chi connectivity index (χ2n) is 5.82. The SMILES string of the molecule is O=C(CSCc1ccccc1)Nc1ccccc1C(=O)NC1CC1. The first-order valence-electron chi connectivity index (χ1n) is 8.04. The number of rotatable bonds is 7. The van der Waals surface area contributed by atoms with Gasteiger partial charge in [0.15, 0.2) is 0 Å². The molecular weight excluding hydrogens is 320 g/mol. The lowest BCUT2D eigenvalue weighted by Crippen LogP contribution is -2.27. The quantitative estimate of drug-likeness (QED) is 0.812. The Morgan fingerprint density at radius 2 is 1.71 bits per heavy atom. The smallest absolute Gasteiger partial charge is 0.253 e. The Balaban J connectivity index is 1.53. The molecule has 0 atom stereocenters. The Morgan fingerprint density at radius 3 is 2.46 bits per heavy atom. The van der Waals surface area contributed by atoms with Gasteiger partial charge in [-0.05, 0) is 30.5 Å². The van der Waals surface area contributed by atoms with Crippen molar-refractivity contribution in [2.24, 2.45) is 0 Å². The van der Waals surface area contributed by atoms with E-state index >= 15 is 0 Å². The van der Waals surface area contributed by atoms with Crippen LogP contribution in [0.5, 0.6) is 0 Å². The summed E-state index contributed by atoms with van der Waals surface area (Å²) in [5.74, 6) is 0.930. The van der Waals surface area contributed by atoms with Crippen LogP contribution in [0.4, 0.5) is 5.69 Å². The molecular formula is C19H20N2O2S. The second kappa shape index (κ2) is 8.02. The lowest BCUT2D eigenvalue weighted by Gasteiger charge is -2.11. The zero-order valence-electron chi connectivity index (χ0n) is 13.3. The highest BCUT2D eigenvalue weighted by Gasteiger charge is 2.24. The van der Waals surface area contributed by atoms with E-state index in [4.69, 9.17) is 0 Å². The van der Waals surface area contributed by atoms with E-state index in [0.29, 0.717) is 23.0 Å². The van der Waals surface area contributed by atoms with Crippen molar-refractivity contribution in [2.45, 2.75) is 24.6 Å². The fourth-order valence-electron chi connectivity index (χ4n) is 2.30. The minimum Gasteiger partial charge on any atom is -0.349 e. The van der Waals surface area contributed by atoms with Crippen LogP contribution in [0.1, 0.15) is 28.8 Å². The van der Waals surface area contributed by atoms with Crippen LogP contribution in [-0.4, -0.2) is 23.6 Å². The molecule has 1 aliphatic carbocycles. The van der Waals surface area contributed by atoms with E-state index in [2.05, 4.69) is 10.6 Å². The van der Waals surface area contributed by atoms with Crippen molar-refractivity contribution in [3.63, 3.8) is 0 Å². The lowest BCUT2D eigenvalue weighted by molar-refractivity contribution is -0.113. The lowest BCUT2D eigenvalue weighted by atomic mass is 10.1. The number of carbonyl (C=O) groups is 2. The predicted molar refractivity (Wildman–Crippen MR) is 98.2 cm³/mol. The van der Waals surface area contributed by atoms with Gasteiger partial charge in [-0.3, -0.25) is 9.59 Å². The minimum atomic E-state index is -0.120. The molecule has 2 amide bonds. The van der Waals surface area contributed by atoms with Crippen molar-refractivity contribution in [2.75, 3.05) is 11.1 Å². The van der Waals surface area contributed by atoms with E-state index in [9.17, 15) is 9.59 Å². The van der Waals surface area contributed by atoms with Crippen molar-refractivity contribution in [1.82, 2.24) is 5.32 Å². The fraction of sp³-hybridized carbons (Fsp3) is 0.263. The number of nitrogens with one attached hydrogen (secondary N) is 2. The molecule has 0 heterocycles. The molecule has 0 bridgehead atoms. The van der Waals surface area contributed by atoms with Gasteiger partial charge in [0.05, 0.1) is 17.0 Å². The number of para-hydroxylation sites is 1. The molecule has 0 saturated heterocycles. The molecule has 0 radical (unpaired) electrons. The summed E-state index contributed by atoms with van der Waals surface area (Å²) < 4.78 is 0. The topological polar surface area (TPSA) is 58.2 Å². The first kappa shape index (κ1) is 16.6. The Labute approximate surface area is 146 Å². The van der Waals surface area contributed by atoms with Crippen LogP contribution >= 0.6 is 11.8 Å². The van der Waals surface area contributed by atoms with E-state index in [-0.39, 0.29) is 11.8 Å². The van der Waals surface area contributed by atoms with Crippen LogP contribution in [0.3, 0.4) is 0 Å². The van der Waals surface area contributed by atoms with Gasteiger partial charge in [0.1, 0.15) is 0 Å². The molecule has 0 spiro atoms. The Morgan fingerprint density at radius 1 is 1.00 bits per heavy atom. The number of hydrogen-bond donors (Lipinski definition) is 2. The van der Waals surface area contributed by atoms with Gasteiger partial charge in [-0.2, -0.15) is 0 Å². The van der Waals surface area contributed by atoms with Gasteiger partial charge in [-0.15, -0.1) is 11.8 Å². The highest BCUT2D eigenvalue weighted by atomic mass is 32.2. The normalized spacial score (nSPS) is 13.3. The average molecular weight is 340 g/mol. The molecule has 4 nitrogen and oxygen atoms in total. The summed E-state index contributed by atoms with van der Waals surface area (Å²) in [6.45, 7) is 0. The summed E-state index contributed by atoms with van der Waals surface area (Å²) in [7, 11) is 0. The van der Waals surface area contributed by atoms with Gasteiger partial charge in [0.2, 0.25) is 5.91 Å². The summed E-state index contributed by atoms with van der Waals surface area (Å²) in [4.78, 5) is 24.4. The molecule has 1 aliphatic rings. The molecule has 5 heteroatoms. The third kappa shape index (κ3) is 4.86. The summed E-state index contributed by atoms with van der Waals surface area (Å²) in [6, 6.07) is 17.5. The van der Waals surface area contributed by atoms with Crippen molar-refractivity contribution >= 4 is 29.3 Å². The van der Waals surface area contributed by atoms with Crippen molar-refractivity contribution in [3.8, 4) is 0 Å². The van der Waals surface area contributed by atoms with Crippen LogP contribution in [0, 0.1) is 0 Å².